The van der Waals surface area contributed by atoms with Gasteiger partial charge in [0.15, 0.2) is 0 Å². The first-order chi connectivity index (χ1) is 13.7. The molecule has 0 bridgehead atoms. The molecular formula is C21H22N4O3. The van der Waals surface area contributed by atoms with Crippen LogP contribution in [0.4, 0.5) is 0 Å². The van der Waals surface area contributed by atoms with Gasteiger partial charge in [-0.1, -0.05) is 12.1 Å². The highest BCUT2D eigenvalue weighted by Gasteiger charge is 2.32. The monoisotopic (exact) mass is 378 g/mol. The zero-order valence-electron chi connectivity index (χ0n) is 15.9. The van der Waals surface area contributed by atoms with Crippen molar-refractivity contribution in [3.05, 3.63) is 66.1 Å². The summed E-state index contributed by atoms with van der Waals surface area (Å²) < 4.78 is 12.7. The Bertz CT molecular complexity index is 985. The highest BCUT2D eigenvalue weighted by molar-refractivity contribution is 5.79. The van der Waals surface area contributed by atoms with Crippen LogP contribution in [0.5, 0.6) is 5.75 Å². The summed E-state index contributed by atoms with van der Waals surface area (Å²) in [5, 5.41) is 4.27. The van der Waals surface area contributed by atoms with Gasteiger partial charge in [0.2, 0.25) is 5.91 Å². The summed E-state index contributed by atoms with van der Waals surface area (Å²) in [7, 11) is 3.54. The molecule has 3 heterocycles. The van der Waals surface area contributed by atoms with E-state index in [0.29, 0.717) is 13.2 Å². The highest BCUT2D eigenvalue weighted by Crippen LogP contribution is 2.33. The molecule has 2 aromatic heterocycles. The third-order valence-electron chi connectivity index (χ3n) is 4.99. The number of rotatable bonds is 5. The molecule has 1 aliphatic rings. The molecule has 28 heavy (non-hydrogen) atoms. The van der Waals surface area contributed by atoms with Gasteiger partial charge in [-0.25, -0.2) is 0 Å². The normalized spacial score (nSPS) is 17.0. The van der Waals surface area contributed by atoms with E-state index in [1.807, 2.05) is 59.2 Å². The van der Waals surface area contributed by atoms with Crippen LogP contribution in [0.25, 0.3) is 11.3 Å². The molecule has 0 aliphatic carbocycles. The number of amides is 1. The predicted molar refractivity (Wildman–Crippen MR) is 104 cm³/mol. The van der Waals surface area contributed by atoms with Gasteiger partial charge < -0.3 is 14.4 Å². The summed E-state index contributed by atoms with van der Waals surface area (Å²) >= 11 is 0. The lowest BCUT2D eigenvalue weighted by atomic mass is 9.98. The van der Waals surface area contributed by atoms with Gasteiger partial charge >= 0.3 is 0 Å². The van der Waals surface area contributed by atoms with E-state index in [0.717, 1.165) is 28.1 Å². The van der Waals surface area contributed by atoms with Crippen molar-refractivity contribution >= 4 is 5.91 Å². The molecule has 0 spiro atoms. The first-order valence-electron chi connectivity index (χ1n) is 9.10. The van der Waals surface area contributed by atoms with Crippen molar-refractivity contribution in [3.63, 3.8) is 0 Å². The van der Waals surface area contributed by atoms with Crippen LogP contribution in [-0.4, -0.2) is 45.9 Å². The lowest BCUT2D eigenvalue weighted by molar-refractivity contribution is -0.149. The summed E-state index contributed by atoms with van der Waals surface area (Å²) in [5.74, 6) is 0.727. The van der Waals surface area contributed by atoms with Crippen LogP contribution in [0.15, 0.2) is 55.0 Å². The maximum absolute atomic E-state index is 12.7. The Balaban J connectivity index is 1.71. The van der Waals surface area contributed by atoms with E-state index >= 15 is 0 Å². The minimum atomic E-state index is -0.231. The van der Waals surface area contributed by atoms with Gasteiger partial charge in [-0.3, -0.25) is 14.5 Å². The molecule has 4 rings (SSSR count). The van der Waals surface area contributed by atoms with E-state index in [1.54, 1.807) is 19.5 Å². The zero-order chi connectivity index (χ0) is 19.5. The van der Waals surface area contributed by atoms with Gasteiger partial charge in [-0.05, 0) is 29.8 Å². The first-order valence-corrected chi connectivity index (χ1v) is 9.10. The van der Waals surface area contributed by atoms with Crippen LogP contribution in [0.2, 0.25) is 0 Å². The second-order valence-corrected chi connectivity index (χ2v) is 6.71. The van der Waals surface area contributed by atoms with Crippen molar-refractivity contribution in [1.29, 1.82) is 0 Å². The largest absolute Gasteiger partial charge is 0.497 e. The Morgan fingerprint density at radius 1 is 1.25 bits per heavy atom. The lowest BCUT2D eigenvalue weighted by Crippen LogP contribution is -2.43. The molecule has 7 heteroatoms. The molecule has 0 saturated carbocycles. The third kappa shape index (κ3) is 3.48. The highest BCUT2D eigenvalue weighted by atomic mass is 16.5. The van der Waals surface area contributed by atoms with Crippen molar-refractivity contribution in [2.45, 2.75) is 12.6 Å². The minimum Gasteiger partial charge on any atom is -0.497 e. The summed E-state index contributed by atoms with van der Waals surface area (Å²) in [6.45, 7) is 0.984. The Labute approximate surface area is 163 Å². The molecule has 1 unspecified atom stereocenters. The van der Waals surface area contributed by atoms with Crippen molar-refractivity contribution < 1.29 is 14.3 Å². The standard InChI is InChI=1S/C21H22N4O3/c1-24-19(7-9-23-24)17-6-8-22-11-18(17)20-13-28-14-21(26)25(20)12-15-4-3-5-16(10-15)27-2/h3-11,20H,12-14H2,1-2H3. The molecule has 144 valence electrons. The topological polar surface area (TPSA) is 69.5 Å². The number of morpholine rings is 1. The minimum absolute atomic E-state index is 0.0427. The van der Waals surface area contributed by atoms with E-state index in [4.69, 9.17) is 9.47 Å². The first kappa shape index (κ1) is 18.2. The quantitative estimate of drug-likeness (QED) is 0.683. The maximum Gasteiger partial charge on any atom is 0.249 e. The van der Waals surface area contributed by atoms with Gasteiger partial charge in [-0.2, -0.15) is 5.10 Å². The number of aryl methyl sites for hydroxylation is 1. The Hall–Kier alpha value is -3.19. The smallest absolute Gasteiger partial charge is 0.249 e. The SMILES string of the molecule is COc1cccc(CN2C(=O)COCC2c2cnccc2-c2ccnn2C)c1. The zero-order valence-corrected chi connectivity index (χ0v) is 15.9. The average molecular weight is 378 g/mol. The fraction of sp³-hybridized carbons (Fsp3) is 0.286. The van der Waals surface area contributed by atoms with E-state index in [1.165, 1.54) is 0 Å². The molecule has 0 radical (unpaired) electrons. The van der Waals surface area contributed by atoms with E-state index in [9.17, 15) is 4.79 Å². The van der Waals surface area contributed by atoms with Crippen LogP contribution in [0.3, 0.4) is 0 Å². The third-order valence-corrected chi connectivity index (χ3v) is 4.99. The number of carbonyl (C=O) groups excluding carboxylic acids is 1. The Morgan fingerprint density at radius 3 is 2.93 bits per heavy atom. The summed E-state index contributed by atoms with van der Waals surface area (Å²) in [4.78, 5) is 18.9. The van der Waals surface area contributed by atoms with E-state index in [-0.39, 0.29) is 18.6 Å². The van der Waals surface area contributed by atoms with E-state index in [2.05, 4.69) is 10.1 Å². The van der Waals surface area contributed by atoms with Crippen molar-refractivity contribution in [3.8, 4) is 17.0 Å². The van der Waals surface area contributed by atoms with Crippen LogP contribution >= 0.6 is 0 Å². The predicted octanol–water partition coefficient (Wildman–Crippen LogP) is 2.59. The van der Waals surface area contributed by atoms with Crippen molar-refractivity contribution in [2.24, 2.45) is 7.05 Å². The number of benzene rings is 1. The van der Waals surface area contributed by atoms with Gasteiger partial charge in [0.25, 0.3) is 0 Å². The fourth-order valence-corrected chi connectivity index (χ4v) is 3.57. The molecule has 1 aromatic carbocycles. The van der Waals surface area contributed by atoms with Gasteiger partial charge in [0.1, 0.15) is 12.4 Å². The molecule has 7 nitrogen and oxygen atoms in total. The fourth-order valence-electron chi connectivity index (χ4n) is 3.57. The van der Waals surface area contributed by atoms with E-state index < -0.39 is 0 Å². The van der Waals surface area contributed by atoms with Crippen molar-refractivity contribution in [1.82, 2.24) is 19.7 Å². The number of methoxy groups -OCH3 is 1. The van der Waals surface area contributed by atoms with Gasteiger partial charge in [0, 0.05) is 43.3 Å². The molecule has 1 fully saturated rings. The number of aromatic nitrogens is 3. The van der Waals surface area contributed by atoms with Crippen LogP contribution in [0.1, 0.15) is 17.2 Å². The average Bonchev–Trinajstić information content (AvgIpc) is 3.15. The number of pyridine rings is 1. The second-order valence-electron chi connectivity index (χ2n) is 6.71. The van der Waals surface area contributed by atoms with Gasteiger partial charge in [-0.15, -0.1) is 0 Å². The molecule has 1 saturated heterocycles. The number of nitrogens with zero attached hydrogens (tertiary/aromatic N) is 4. The second kappa shape index (κ2) is 7.82. The maximum atomic E-state index is 12.7. The molecule has 1 atom stereocenters. The Morgan fingerprint density at radius 2 is 2.14 bits per heavy atom. The molecule has 1 aliphatic heterocycles. The summed E-state index contributed by atoms with van der Waals surface area (Å²) in [5.41, 5.74) is 3.92. The van der Waals surface area contributed by atoms with Crippen LogP contribution < -0.4 is 4.74 Å². The molecule has 0 N–H and O–H groups in total. The molecule has 3 aromatic rings. The summed E-state index contributed by atoms with van der Waals surface area (Å²) in [6.07, 6.45) is 5.33. The number of hydrogen-bond donors (Lipinski definition) is 0. The Kier molecular flexibility index (Phi) is 5.08. The van der Waals surface area contributed by atoms with Gasteiger partial charge in [0.05, 0.1) is 25.5 Å². The summed E-state index contributed by atoms with van der Waals surface area (Å²) in [6, 6.07) is 11.4. The number of hydrogen-bond acceptors (Lipinski definition) is 5. The number of ether oxygens (including phenoxy) is 2. The van der Waals surface area contributed by atoms with Crippen LogP contribution in [0, 0.1) is 0 Å². The molecule has 1 amide bonds. The number of carbonyl (C=O) groups is 1. The van der Waals surface area contributed by atoms with Crippen molar-refractivity contribution in [2.75, 3.05) is 20.3 Å². The molecular weight excluding hydrogens is 356 g/mol. The lowest BCUT2D eigenvalue weighted by Gasteiger charge is -2.36. The van der Waals surface area contributed by atoms with Crippen LogP contribution in [-0.2, 0) is 23.1 Å².